The maximum Gasteiger partial charge on any atom is 0.263 e. The summed E-state index contributed by atoms with van der Waals surface area (Å²) in [4.78, 5) is 18.8. The quantitative estimate of drug-likeness (QED) is 0.452. The van der Waals surface area contributed by atoms with E-state index >= 15 is 0 Å². The Hall–Kier alpha value is -2.86. The number of thiophene rings is 1. The highest BCUT2D eigenvalue weighted by atomic mass is 32.1. The summed E-state index contributed by atoms with van der Waals surface area (Å²) in [7, 11) is 0. The third-order valence-electron chi connectivity index (χ3n) is 4.62. The number of fused-ring (bicyclic) bond motifs is 1. The smallest absolute Gasteiger partial charge is 0.263 e. The summed E-state index contributed by atoms with van der Waals surface area (Å²) in [6.07, 6.45) is 0. The van der Waals surface area contributed by atoms with Gasteiger partial charge in [-0.15, -0.1) is 11.3 Å². The molecule has 6 heteroatoms. The van der Waals surface area contributed by atoms with Crippen molar-refractivity contribution < 1.29 is 8.78 Å². The molecule has 2 aromatic heterocycles. The Labute approximate surface area is 164 Å². The molecule has 0 unspecified atom stereocenters. The molecule has 3 nitrogen and oxygen atoms in total. The fourth-order valence-corrected chi connectivity index (χ4v) is 4.24. The molecule has 142 valence electrons. The average molecular weight is 396 g/mol. The Kier molecular flexibility index (Phi) is 4.81. The zero-order chi connectivity index (χ0) is 19.8. The number of benzene rings is 2. The van der Waals surface area contributed by atoms with Crippen LogP contribution < -0.4 is 5.56 Å². The molecule has 0 aliphatic rings. The van der Waals surface area contributed by atoms with Crippen molar-refractivity contribution in [1.29, 1.82) is 0 Å². The molecule has 0 atom stereocenters. The molecule has 0 N–H and O–H groups in total. The molecule has 28 heavy (non-hydrogen) atoms. The van der Waals surface area contributed by atoms with Crippen LogP contribution in [0.1, 0.15) is 31.2 Å². The Morgan fingerprint density at radius 3 is 2.50 bits per heavy atom. The number of hydrogen-bond acceptors (Lipinski definition) is 3. The standard InChI is InChI=1S/C22H18F2N2OS/c1-13(2)20-25-21-19(18(12-28-21)15-6-8-16(23)9-7-15)22(27)26(20)11-14-4-3-5-17(24)10-14/h3-10,12-13H,11H2,1-2H3. The van der Waals surface area contributed by atoms with E-state index in [1.807, 2.05) is 19.2 Å². The van der Waals surface area contributed by atoms with Gasteiger partial charge in [0.2, 0.25) is 0 Å². The third-order valence-corrected chi connectivity index (χ3v) is 5.50. The van der Waals surface area contributed by atoms with Gasteiger partial charge in [0.25, 0.3) is 5.56 Å². The molecule has 0 amide bonds. The van der Waals surface area contributed by atoms with Gasteiger partial charge in [0.15, 0.2) is 0 Å². The second-order valence-corrected chi connectivity index (χ2v) is 7.84. The van der Waals surface area contributed by atoms with E-state index in [1.165, 1.54) is 35.6 Å². The van der Waals surface area contributed by atoms with Crippen LogP contribution in [0.15, 0.2) is 58.7 Å². The van der Waals surface area contributed by atoms with Gasteiger partial charge in [0.1, 0.15) is 22.3 Å². The number of nitrogens with zero attached hydrogens (tertiary/aromatic N) is 2. The summed E-state index contributed by atoms with van der Waals surface area (Å²) in [6, 6.07) is 12.3. The average Bonchev–Trinajstić information content (AvgIpc) is 3.08. The van der Waals surface area contributed by atoms with E-state index in [1.54, 1.807) is 28.8 Å². The summed E-state index contributed by atoms with van der Waals surface area (Å²) in [5, 5.41) is 2.39. The molecule has 2 heterocycles. The maximum absolute atomic E-state index is 13.6. The molecule has 0 aliphatic carbocycles. The van der Waals surface area contributed by atoms with Gasteiger partial charge in [0.05, 0.1) is 11.9 Å². The van der Waals surface area contributed by atoms with Crippen LogP contribution in [-0.2, 0) is 6.54 Å². The Bertz CT molecular complexity index is 1210. The lowest BCUT2D eigenvalue weighted by Gasteiger charge is -2.15. The molecule has 0 fully saturated rings. The lowest BCUT2D eigenvalue weighted by atomic mass is 10.1. The van der Waals surface area contributed by atoms with Gasteiger partial charge in [-0.25, -0.2) is 13.8 Å². The summed E-state index contributed by atoms with van der Waals surface area (Å²) >= 11 is 1.40. The van der Waals surface area contributed by atoms with E-state index in [0.29, 0.717) is 21.6 Å². The first-order valence-corrected chi connectivity index (χ1v) is 9.84. The lowest BCUT2D eigenvalue weighted by molar-refractivity contribution is 0.612. The molecular weight excluding hydrogens is 378 g/mol. The van der Waals surface area contributed by atoms with Crippen LogP contribution in [0.2, 0.25) is 0 Å². The second kappa shape index (κ2) is 7.28. The number of hydrogen-bond donors (Lipinski definition) is 0. The highest BCUT2D eigenvalue weighted by molar-refractivity contribution is 7.17. The molecule has 0 aliphatic heterocycles. The molecule has 0 saturated carbocycles. The largest absolute Gasteiger partial charge is 0.291 e. The zero-order valence-corrected chi connectivity index (χ0v) is 16.3. The number of halogens is 2. The molecule has 4 aromatic rings. The van der Waals surface area contributed by atoms with Gasteiger partial charge in [-0.05, 0) is 35.4 Å². The van der Waals surface area contributed by atoms with Gasteiger partial charge in [-0.1, -0.05) is 38.1 Å². The first-order chi connectivity index (χ1) is 13.4. The van der Waals surface area contributed by atoms with E-state index < -0.39 is 0 Å². The lowest BCUT2D eigenvalue weighted by Crippen LogP contribution is -2.26. The van der Waals surface area contributed by atoms with Crippen molar-refractivity contribution in [3.8, 4) is 11.1 Å². The van der Waals surface area contributed by atoms with Crippen molar-refractivity contribution in [1.82, 2.24) is 9.55 Å². The normalized spacial score (nSPS) is 11.5. The van der Waals surface area contributed by atoms with Crippen molar-refractivity contribution in [3.63, 3.8) is 0 Å². The van der Waals surface area contributed by atoms with Crippen molar-refractivity contribution in [2.75, 3.05) is 0 Å². The summed E-state index contributed by atoms with van der Waals surface area (Å²) < 4.78 is 28.5. The highest BCUT2D eigenvalue weighted by Crippen LogP contribution is 2.32. The Morgan fingerprint density at radius 1 is 1.07 bits per heavy atom. The predicted octanol–water partition coefficient (Wildman–Crippen LogP) is 5.57. The molecule has 0 bridgehead atoms. The molecule has 0 spiro atoms. The molecule has 2 aromatic carbocycles. The molecular formula is C22H18F2N2OS. The van der Waals surface area contributed by atoms with E-state index in [0.717, 1.165) is 11.1 Å². The third kappa shape index (κ3) is 3.36. The minimum absolute atomic E-state index is 0.0297. The molecule has 0 saturated heterocycles. The van der Waals surface area contributed by atoms with Crippen molar-refractivity contribution in [2.45, 2.75) is 26.3 Å². The minimum Gasteiger partial charge on any atom is -0.291 e. The van der Waals surface area contributed by atoms with Gasteiger partial charge in [-0.2, -0.15) is 0 Å². The number of rotatable bonds is 4. The minimum atomic E-state index is -0.340. The van der Waals surface area contributed by atoms with Gasteiger partial charge in [-0.3, -0.25) is 9.36 Å². The Balaban J connectivity index is 1.93. The van der Waals surface area contributed by atoms with Crippen molar-refractivity contribution in [2.24, 2.45) is 0 Å². The fourth-order valence-electron chi connectivity index (χ4n) is 3.29. The first-order valence-electron chi connectivity index (χ1n) is 8.96. The SMILES string of the molecule is CC(C)c1nc2scc(-c3ccc(F)cc3)c2c(=O)n1Cc1cccc(F)c1. The zero-order valence-electron chi connectivity index (χ0n) is 15.4. The van der Waals surface area contributed by atoms with Crippen LogP contribution in [0.25, 0.3) is 21.3 Å². The second-order valence-electron chi connectivity index (χ2n) is 6.98. The summed E-state index contributed by atoms with van der Waals surface area (Å²) in [6.45, 7) is 4.19. The summed E-state index contributed by atoms with van der Waals surface area (Å²) in [5.41, 5.74) is 2.03. The van der Waals surface area contributed by atoms with Crippen LogP contribution in [0.3, 0.4) is 0 Å². The van der Waals surface area contributed by atoms with Crippen molar-refractivity contribution in [3.05, 3.63) is 87.3 Å². The van der Waals surface area contributed by atoms with E-state index in [4.69, 9.17) is 4.98 Å². The van der Waals surface area contributed by atoms with Crippen LogP contribution in [-0.4, -0.2) is 9.55 Å². The first kappa shape index (κ1) is 18.5. The topological polar surface area (TPSA) is 34.9 Å². The summed E-state index contributed by atoms with van der Waals surface area (Å²) in [5.74, 6) is 0.0246. The van der Waals surface area contributed by atoms with Gasteiger partial charge in [0, 0.05) is 16.9 Å². The van der Waals surface area contributed by atoms with E-state index in [-0.39, 0.29) is 29.7 Å². The van der Waals surface area contributed by atoms with Crippen LogP contribution in [0, 0.1) is 11.6 Å². The van der Waals surface area contributed by atoms with Crippen LogP contribution in [0.5, 0.6) is 0 Å². The van der Waals surface area contributed by atoms with Crippen LogP contribution >= 0.6 is 11.3 Å². The van der Waals surface area contributed by atoms with Gasteiger partial charge >= 0.3 is 0 Å². The van der Waals surface area contributed by atoms with E-state index in [2.05, 4.69) is 0 Å². The highest BCUT2D eigenvalue weighted by Gasteiger charge is 2.19. The Morgan fingerprint density at radius 2 is 1.82 bits per heavy atom. The monoisotopic (exact) mass is 396 g/mol. The molecule has 4 rings (SSSR count). The maximum atomic E-state index is 13.6. The van der Waals surface area contributed by atoms with E-state index in [9.17, 15) is 13.6 Å². The number of aromatic nitrogens is 2. The molecule has 0 radical (unpaired) electrons. The van der Waals surface area contributed by atoms with Crippen LogP contribution in [0.4, 0.5) is 8.78 Å². The predicted molar refractivity (Wildman–Crippen MR) is 109 cm³/mol. The fraction of sp³-hybridized carbons (Fsp3) is 0.182. The van der Waals surface area contributed by atoms with Gasteiger partial charge < -0.3 is 0 Å². The van der Waals surface area contributed by atoms with Crippen molar-refractivity contribution >= 4 is 21.6 Å².